The zero-order chi connectivity index (χ0) is 24.7. The van der Waals surface area contributed by atoms with Gasteiger partial charge in [-0.1, -0.05) is 68.8 Å². The van der Waals surface area contributed by atoms with E-state index in [1.807, 2.05) is 56.5 Å². The van der Waals surface area contributed by atoms with Gasteiger partial charge in [0, 0.05) is 5.92 Å². The highest BCUT2D eigenvalue weighted by atomic mass is 32.2. The van der Waals surface area contributed by atoms with E-state index in [4.69, 9.17) is 4.74 Å². The molecule has 2 amide bonds. The number of alkyl carbamates (subject to hydrolysis) is 1. The van der Waals surface area contributed by atoms with E-state index >= 15 is 0 Å². The molecule has 3 N–H and O–H groups in total. The third-order valence-electron chi connectivity index (χ3n) is 6.34. The first-order valence-electron chi connectivity index (χ1n) is 11.5. The minimum atomic E-state index is -1.09. The van der Waals surface area contributed by atoms with Gasteiger partial charge >= 0.3 is 12.1 Å². The SMILES string of the molecule is CCC(C)C(NC(=O)OCC1c2ccccc2-c2ccccc21)C(=O)NC(CCSC)C(=O)O. The number of ether oxygens (including phenoxy) is 1. The summed E-state index contributed by atoms with van der Waals surface area (Å²) in [6, 6.07) is 14.2. The van der Waals surface area contributed by atoms with Gasteiger partial charge in [-0.25, -0.2) is 9.59 Å². The van der Waals surface area contributed by atoms with Crippen molar-refractivity contribution in [1.82, 2.24) is 10.6 Å². The number of fused-ring (bicyclic) bond motifs is 3. The number of carboxylic acids is 1. The van der Waals surface area contributed by atoms with Gasteiger partial charge in [0.1, 0.15) is 18.7 Å². The number of benzene rings is 2. The van der Waals surface area contributed by atoms with E-state index in [9.17, 15) is 19.5 Å². The number of hydrogen-bond acceptors (Lipinski definition) is 5. The number of amides is 2. The van der Waals surface area contributed by atoms with Gasteiger partial charge in [0.15, 0.2) is 0 Å². The van der Waals surface area contributed by atoms with Crippen molar-refractivity contribution in [3.8, 4) is 11.1 Å². The summed E-state index contributed by atoms with van der Waals surface area (Å²) in [5.74, 6) is -1.29. The summed E-state index contributed by atoms with van der Waals surface area (Å²) in [7, 11) is 0. The maximum atomic E-state index is 12.9. The van der Waals surface area contributed by atoms with Crippen molar-refractivity contribution in [2.45, 2.75) is 44.7 Å². The van der Waals surface area contributed by atoms with Gasteiger partial charge in [-0.2, -0.15) is 11.8 Å². The number of rotatable bonds is 11. The van der Waals surface area contributed by atoms with Crippen LogP contribution >= 0.6 is 11.8 Å². The Hall–Kier alpha value is -3.00. The van der Waals surface area contributed by atoms with Crippen LogP contribution in [0.3, 0.4) is 0 Å². The van der Waals surface area contributed by atoms with Crippen LogP contribution in [0.25, 0.3) is 11.1 Å². The Kier molecular flexibility index (Phi) is 8.98. The normalized spacial score (nSPS) is 14.9. The molecule has 3 rings (SSSR count). The van der Waals surface area contributed by atoms with Crippen LogP contribution in [-0.4, -0.2) is 53.8 Å². The predicted octanol–water partition coefficient (Wildman–Crippen LogP) is 4.26. The van der Waals surface area contributed by atoms with E-state index in [0.717, 1.165) is 22.3 Å². The maximum Gasteiger partial charge on any atom is 0.407 e. The second kappa shape index (κ2) is 11.9. The molecule has 0 radical (unpaired) electrons. The van der Waals surface area contributed by atoms with Crippen LogP contribution < -0.4 is 10.6 Å². The molecular weight excluding hydrogens is 452 g/mol. The Balaban J connectivity index is 1.66. The van der Waals surface area contributed by atoms with E-state index in [1.54, 1.807) is 0 Å². The minimum Gasteiger partial charge on any atom is -0.480 e. The van der Waals surface area contributed by atoms with E-state index in [-0.39, 0.29) is 18.4 Å². The average Bonchev–Trinajstić information content (AvgIpc) is 3.16. The molecule has 0 saturated carbocycles. The van der Waals surface area contributed by atoms with Crippen LogP contribution in [0.4, 0.5) is 4.79 Å². The fourth-order valence-corrected chi connectivity index (χ4v) is 4.69. The zero-order valence-corrected chi connectivity index (χ0v) is 20.6. The van der Waals surface area contributed by atoms with Crippen LogP contribution in [0.15, 0.2) is 48.5 Å². The van der Waals surface area contributed by atoms with Crippen LogP contribution in [0, 0.1) is 5.92 Å². The van der Waals surface area contributed by atoms with E-state index in [2.05, 4.69) is 22.8 Å². The first kappa shape index (κ1) is 25.6. The lowest BCUT2D eigenvalue weighted by molar-refractivity contribution is -0.142. The molecule has 1 aliphatic rings. The number of aliphatic carboxylic acids is 1. The number of carbonyl (C=O) groups excluding carboxylic acids is 2. The fourth-order valence-electron chi connectivity index (χ4n) is 4.22. The van der Waals surface area contributed by atoms with Gasteiger partial charge in [0.05, 0.1) is 0 Å². The quantitative estimate of drug-likeness (QED) is 0.440. The van der Waals surface area contributed by atoms with E-state index < -0.39 is 30.1 Å². The molecular formula is C26H32N2O5S. The summed E-state index contributed by atoms with van der Waals surface area (Å²) in [6.45, 7) is 3.89. The number of hydrogen-bond donors (Lipinski definition) is 3. The van der Waals surface area contributed by atoms with Gasteiger partial charge in [0.25, 0.3) is 0 Å². The highest BCUT2D eigenvalue weighted by molar-refractivity contribution is 7.98. The van der Waals surface area contributed by atoms with Gasteiger partial charge in [-0.3, -0.25) is 4.79 Å². The standard InChI is InChI=1S/C26H32N2O5S/c1-4-16(2)23(24(29)27-22(25(30)31)13-14-34-3)28-26(32)33-15-21-19-11-7-5-9-17(19)18-10-6-8-12-20(18)21/h5-12,16,21-23H,4,13-15H2,1-3H3,(H,27,29)(H,28,32)(H,30,31). The monoisotopic (exact) mass is 484 g/mol. The lowest BCUT2D eigenvalue weighted by Crippen LogP contribution is -2.54. The van der Waals surface area contributed by atoms with Gasteiger partial charge in [-0.15, -0.1) is 0 Å². The molecule has 34 heavy (non-hydrogen) atoms. The Labute approximate surface area is 204 Å². The molecule has 8 heteroatoms. The van der Waals surface area contributed by atoms with Gasteiger partial charge in [0.2, 0.25) is 5.91 Å². The molecule has 0 aromatic heterocycles. The fraction of sp³-hybridized carbons (Fsp3) is 0.423. The topological polar surface area (TPSA) is 105 Å². The summed E-state index contributed by atoms with van der Waals surface area (Å²) in [5, 5.41) is 14.7. The summed E-state index contributed by atoms with van der Waals surface area (Å²) >= 11 is 1.51. The van der Waals surface area contributed by atoms with Crippen molar-refractivity contribution in [3.05, 3.63) is 59.7 Å². The number of thioether (sulfide) groups is 1. The highest BCUT2D eigenvalue weighted by Crippen LogP contribution is 2.44. The number of carboxylic acid groups (broad SMARTS) is 1. The molecule has 0 bridgehead atoms. The third kappa shape index (κ3) is 5.91. The Morgan fingerprint density at radius 3 is 2.15 bits per heavy atom. The van der Waals surface area contributed by atoms with Crippen LogP contribution in [0.1, 0.15) is 43.7 Å². The van der Waals surface area contributed by atoms with Crippen molar-refractivity contribution in [3.63, 3.8) is 0 Å². The number of nitrogens with one attached hydrogen (secondary N) is 2. The Morgan fingerprint density at radius 1 is 1.03 bits per heavy atom. The molecule has 3 unspecified atom stereocenters. The van der Waals surface area contributed by atoms with Crippen molar-refractivity contribution in [1.29, 1.82) is 0 Å². The summed E-state index contributed by atoms with van der Waals surface area (Å²) in [4.78, 5) is 37.2. The third-order valence-corrected chi connectivity index (χ3v) is 6.98. The molecule has 182 valence electrons. The highest BCUT2D eigenvalue weighted by Gasteiger charge is 2.32. The van der Waals surface area contributed by atoms with Crippen LogP contribution in [0.5, 0.6) is 0 Å². The molecule has 7 nitrogen and oxygen atoms in total. The van der Waals surface area contributed by atoms with Crippen LogP contribution in [-0.2, 0) is 14.3 Å². The Morgan fingerprint density at radius 2 is 1.62 bits per heavy atom. The molecule has 0 aliphatic heterocycles. The predicted molar refractivity (Wildman–Crippen MR) is 134 cm³/mol. The van der Waals surface area contributed by atoms with Gasteiger partial charge < -0.3 is 20.5 Å². The molecule has 0 fully saturated rings. The molecule has 0 heterocycles. The smallest absolute Gasteiger partial charge is 0.407 e. The van der Waals surface area contributed by atoms with Crippen molar-refractivity contribution in [2.24, 2.45) is 5.92 Å². The molecule has 3 atom stereocenters. The summed E-state index contributed by atoms with van der Waals surface area (Å²) in [6.07, 6.45) is 2.12. The van der Waals surface area contributed by atoms with Crippen LogP contribution in [0.2, 0.25) is 0 Å². The first-order chi connectivity index (χ1) is 16.4. The van der Waals surface area contributed by atoms with Crippen molar-refractivity contribution in [2.75, 3.05) is 18.6 Å². The summed E-state index contributed by atoms with van der Waals surface area (Å²) in [5.41, 5.74) is 4.47. The second-order valence-electron chi connectivity index (χ2n) is 8.51. The number of carbonyl (C=O) groups is 3. The first-order valence-corrected chi connectivity index (χ1v) is 12.9. The zero-order valence-electron chi connectivity index (χ0n) is 19.7. The minimum absolute atomic E-state index is 0.0861. The van der Waals surface area contributed by atoms with E-state index in [0.29, 0.717) is 18.6 Å². The van der Waals surface area contributed by atoms with E-state index in [1.165, 1.54) is 11.8 Å². The molecule has 1 aliphatic carbocycles. The summed E-state index contributed by atoms with van der Waals surface area (Å²) < 4.78 is 5.58. The molecule has 0 spiro atoms. The maximum absolute atomic E-state index is 12.9. The lowest BCUT2D eigenvalue weighted by Gasteiger charge is -2.25. The lowest BCUT2D eigenvalue weighted by atomic mass is 9.97. The average molecular weight is 485 g/mol. The molecule has 2 aromatic carbocycles. The van der Waals surface area contributed by atoms with Gasteiger partial charge in [-0.05, 0) is 46.6 Å². The van der Waals surface area contributed by atoms with Crippen molar-refractivity contribution < 1.29 is 24.2 Å². The molecule has 2 aromatic rings. The largest absolute Gasteiger partial charge is 0.480 e. The van der Waals surface area contributed by atoms with Crippen molar-refractivity contribution >= 4 is 29.7 Å². The molecule has 0 saturated heterocycles. The second-order valence-corrected chi connectivity index (χ2v) is 9.50. The Bertz CT molecular complexity index is 982.